The summed E-state index contributed by atoms with van der Waals surface area (Å²) in [5, 5.41) is 9.92. The van der Waals surface area contributed by atoms with Gasteiger partial charge < -0.3 is 9.84 Å². The van der Waals surface area contributed by atoms with E-state index in [1.54, 1.807) is 12.1 Å². The van der Waals surface area contributed by atoms with Gasteiger partial charge in [0.1, 0.15) is 0 Å². The van der Waals surface area contributed by atoms with E-state index in [9.17, 15) is 9.90 Å². The van der Waals surface area contributed by atoms with Crippen LogP contribution in [0.1, 0.15) is 11.1 Å². The van der Waals surface area contributed by atoms with E-state index in [1.807, 2.05) is 42.5 Å². The summed E-state index contributed by atoms with van der Waals surface area (Å²) < 4.78 is 5.53. The van der Waals surface area contributed by atoms with Crippen molar-refractivity contribution in [2.75, 3.05) is 6.61 Å². The topological polar surface area (TPSA) is 46.5 Å². The summed E-state index contributed by atoms with van der Waals surface area (Å²) in [7, 11) is 0. The van der Waals surface area contributed by atoms with Crippen molar-refractivity contribution < 1.29 is 14.6 Å². The number of benzene rings is 2. The summed E-state index contributed by atoms with van der Waals surface area (Å²) in [5.74, 6) is -1.41. The largest absolute Gasteiger partial charge is 0.481 e. The second-order valence-corrected chi connectivity index (χ2v) is 5.30. The van der Waals surface area contributed by atoms with Gasteiger partial charge in [-0.15, -0.1) is 0 Å². The molecule has 2 rings (SSSR count). The number of hydrogen-bond donors (Lipinski definition) is 1. The lowest BCUT2D eigenvalue weighted by Crippen LogP contribution is -2.22. The molecular formula is C17H17ClO3. The van der Waals surface area contributed by atoms with Crippen LogP contribution in [0.25, 0.3) is 0 Å². The zero-order valence-corrected chi connectivity index (χ0v) is 12.3. The zero-order chi connectivity index (χ0) is 15.1. The predicted molar refractivity (Wildman–Crippen MR) is 82.4 cm³/mol. The molecule has 0 fully saturated rings. The van der Waals surface area contributed by atoms with Gasteiger partial charge in [0.25, 0.3) is 0 Å². The summed E-state index contributed by atoms with van der Waals surface area (Å²) in [5.41, 5.74) is 1.98. The molecular weight excluding hydrogens is 288 g/mol. The maximum Gasteiger partial charge on any atom is 0.309 e. The molecule has 4 heteroatoms. The molecule has 2 aromatic rings. The average molecular weight is 305 g/mol. The first-order chi connectivity index (χ1) is 10.1. The van der Waals surface area contributed by atoms with E-state index in [-0.39, 0.29) is 6.61 Å². The van der Waals surface area contributed by atoms with Gasteiger partial charge in [0.2, 0.25) is 0 Å². The van der Waals surface area contributed by atoms with Crippen LogP contribution in [0, 0.1) is 5.92 Å². The summed E-state index contributed by atoms with van der Waals surface area (Å²) in [6.45, 7) is 0.609. The third-order valence-corrected chi connectivity index (χ3v) is 3.43. The summed E-state index contributed by atoms with van der Waals surface area (Å²) in [6, 6.07) is 16.9. The average Bonchev–Trinajstić information content (AvgIpc) is 2.49. The van der Waals surface area contributed by atoms with Gasteiger partial charge in [-0.25, -0.2) is 0 Å². The molecule has 0 saturated carbocycles. The van der Waals surface area contributed by atoms with E-state index in [0.717, 1.165) is 11.1 Å². The molecule has 2 aromatic carbocycles. The quantitative estimate of drug-likeness (QED) is 0.846. The molecule has 0 saturated heterocycles. The van der Waals surface area contributed by atoms with E-state index in [0.29, 0.717) is 18.1 Å². The normalized spacial score (nSPS) is 12.0. The lowest BCUT2D eigenvalue weighted by molar-refractivity contribution is -0.144. The molecule has 110 valence electrons. The van der Waals surface area contributed by atoms with Crippen LogP contribution in [-0.2, 0) is 22.6 Å². The van der Waals surface area contributed by atoms with Crippen molar-refractivity contribution in [1.82, 2.24) is 0 Å². The summed E-state index contributed by atoms with van der Waals surface area (Å²) in [6.07, 6.45) is 0.432. The Morgan fingerprint density at radius 3 is 2.33 bits per heavy atom. The molecule has 21 heavy (non-hydrogen) atoms. The van der Waals surface area contributed by atoms with Crippen molar-refractivity contribution in [1.29, 1.82) is 0 Å². The lowest BCUT2D eigenvalue weighted by Gasteiger charge is -2.13. The van der Waals surface area contributed by atoms with Crippen LogP contribution >= 0.6 is 11.6 Å². The Labute approximate surface area is 129 Å². The third-order valence-electron chi connectivity index (χ3n) is 3.18. The Bertz CT molecular complexity index is 566. The Balaban J connectivity index is 1.87. The molecule has 1 unspecified atom stereocenters. The number of hydrogen-bond acceptors (Lipinski definition) is 2. The van der Waals surface area contributed by atoms with Gasteiger partial charge in [-0.2, -0.15) is 0 Å². The van der Waals surface area contributed by atoms with Gasteiger partial charge >= 0.3 is 5.97 Å². The van der Waals surface area contributed by atoms with E-state index in [2.05, 4.69) is 0 Å². The van der Waals surface area contributed by atoms with Gasteiger partial charge in [0.15, 0.2) is 0 Å². The highest BCUT2D eigenvalue weighted by Gasteiger charge is 2.18. The van der Waals surface area contributed by atoms with Crippen LogP contribution in [0.5, 0.6) is 0 Å². The Morgan fingerprint density at radius 2 is 1.71 bits per heavy atom. The molecule has 3 nitrogen and oxygen atoms in total. The Hall–Kier alpha value is -1.84. The standard InChI is InChI=1S/C17H17ClO3/c18-16-8-6-13(7-9-16)10-15(17(19)20)12-21-11-14-4-2-1-3-5-14/h1-9,15H,10-12H2,(H,19,20). The van der Waals surface area contributed by atoms with Crippen molar-refractivity contribution in [2.24, 2.45) is 5.92 Å². The van der Waals surface area contributed by atoms with Gasteiger partial charge in [0.05, 0.1) is 19.1 Å². The molecule has 0 amide bonds. The van der Waals surface area contributed by atoms with Crippen molar-refractivity contribution in [3.05, 3.63) is 70.7 Å². The predicted octanol–water partition coefficient (Wildman–Crippen LogP) is 3.80. The van der Waals surface area contributed by atoms with Crippen LogP contribution in [0.2, 0.25) is 5.02 Å². The summed E-state index contributed by atoms with van der Waals surface area (Å²) >= 11 is 5.82. The monoisotopic (exact) mass is 304 g/mol. The first-order valence-corrected chi connectivity index (χ1v) is 7.12. The van der Waals surface area contributed by atoms with E-state index in [1.165, 1.54) is 0 Å². The highest BCUT2D eigenvalue weighted by atomic mass is 35.5. The third kappa shape index (κ3) is 5.21. The fourth-order valence-corrected chi connectivity index (χ4v) is 2.14. The van der Waals surface area contributed by atoms with Crippen LogP contribution in [0.3, 0.4) is 0 Å². The number of carboxylic acid groups (broad SMARTS) is 1. The number of aliphatic carboxylic acids is 1. The smallest absolute Gasteiger partial charge is 0.309 e. The lowest BCUT2D eigenvalue weighted by atomic mass is 10.0. The molecule has 0 spiro atoms. The molecule has 0 aliphatic carbocycles. The molecule has 0 aromatic heterocycles. The zero-order valence-electron chi connectivity index (χ0n) is 11.5. The second kappa shape index (κ2) is 7.81. The van der Waals surface area contributed by atoms with Crippen molar-refractivity contribution in [2.45, 2.75) is 13.0 Å². The van der Waals surface area contributed by atoms with E-state index < -0.39 is 11.9 Å². The van der Waals surface area contributed by atoms with Crippen LogP contribution in [0.15, 0.2) is 54.6 Å². The number of halogens is 1. The number of ether oxygens (including phenoxy) is 1. The highest BCUT2D eigenvalue weighted by molar-refractivity contribution is 6.30. The molecule has 0 radical (unpaired) electrons. The Morgan fingerprint density at radius 1 is 1.05 bits per heavy atom. The minimum Gasteiger partial charge on any atom is -0.481 e. The van der Waals surface area contributed by atoms with E-state index >= 15 is 0 Å². The minimum absolute atomic E-state index is 0.187. The molecule has 0 aliphatic heterocycles. The van der Waals surface area contributed by atoms with Crippen LogP contribution in [-0.4, -0.2) is 17.7 Å². The van der Waals surface area contributed by atoms with Crippen LogP contribution in [0.4, 0.5) is 0 Å². The SMILES string of the molecule is O=C(O)C(COCc1ccccc1)Cc1ccc(Cl)cc1. The Kier molecular flexibility index (Phi) is 5.78. The fraction of sp³-hybridized carbons (Fsp3) is 0.235. The van der Waals surface area contributed by atoms with Gasteiger partial charge in [0, 0.05) is 5.02 Å². The maximum absolute atomic E-state index is 11.3. The number of carbonyl (C=O) groups is 1. The first-order valence-electron chi connectivity index (χ1n) is 6.74. The number of carboxylic acids is 1. The van der Waals surface area contributed by atoms with Crippen LogP contribution < -0.4 is 0 Å². The minimum atomic E-state index is -0.849. The molecule has 0 aliphatic rings. The van der Waals surface area contributed by atoms with Crippen molar-refractivity contribution in [3.8, 4) is 0 Å². The van der Waals surface area contributed by atoms with Gasteiger partial charge in [-0.05, 0) is 29.7 Å². The highest BCUT2D eigenvalue weighted by Crippen LogP contribution is 2.14. The summed E-state index contributed by atoms with van der Waals surface area (Å²) in [4.78, 5) is 11.3. The van der Waals surface area contributed by atoms with Crippen molar-refractivity contribution in [3.63, 3.8) is 0 Å². The fourth-order valence-electron chi connectivity index (χ4n) is 2.02. The molecule has 0 bridgehead atoms. The second-order valence-electron chi connectivity index (χ2n) is 4.87. The van der Waals surface area contributed by atoms with Gasteiger partial charge in [-0.3, -0.25) is 4.79 Å². The maximum atomic E-state index is 11.3. The first kappa shape index (κ1) is 15.5. The van der Waals surface area contributed by atoms with Gasteiger partial charge in [-0.1, -0.05) is 54.1 Å². The molecule has 0 heterocycles. The van der Waals surface area contributed by atoms with E-state index in [4.69, 9.17) is 16.3 Å². The van der Waals surface area contributed by atoms with Crippen molar-refractivity contribution >= 4 is 17.6 Å². The molecule has 1 N–H and O–H groups in total. The number of rotatable bonds is 7. The molecule has 1 atom stereocenters.